The molecular weight excluding hydrogens is 168 g/mol. The summed E-state index contributed by atoms with van der Waals surface area (Å²) in [5.74, 6) is -0.679. The Bertz CT molecular complexity index is 318. The molecule has 13 heavy (non-hydrogen) atoms. The van der Waals surface area contributed by atoms with Gasteiger partial charge in [0.25, 0.3) is 0 Å². The van der Waals surface area contributed by atoms with Crippen LogP contribution in [0.4, 0.5) is 0 Å². The molecule has 0 aliphatic heterocycles. The maximum absolute atomic E-state index is 10.7. The second kappa shape index (κ2) is 4.30. The summed E-state index contributed by atoms with van der Waals surface area (Å²) in [5, 5.41) is 8.74. The van der Waals surface area contributed by atoms with Gasteiger partial charge in [0, 0.05) is 0 Å². The number of benzene rings is 1. The molecule has 1 rings (SSSR count). The smallest absolute Gasteiger partial charge is 0.339 e. The molecule has 3 heteroatoms. The summed E-state index contributed by atoms with van der Waals surface area (Å²) in [7, 11) is 0. The van der Waals surface area contributed by atoms with Crippen molar-refractivity contribution in [3.63, 3.8) is 0 Å². The van der Waals surface area contributed by atoms with E-state index < -0.39 is 5.97 Å². The largest absolute Gasteiger partial charge is 0.489 e. The average Bonchev–Trinajstić information content (AvgIpc) is 2.15. The molecule has 0 atom stereocenters. The predicted molar refractivity (Wildman–Crippen MR) is 47.9 cm³/mol. The molecule has 0 amide bonds. The Hall–Kier alpha value is -1.77. The molecule has 0 heterocycles. The van der Waals surface area contributed by atoms with Crippen LogP contribution in [0.5, 0.6) is 5.75 Å². The Morgan fingerprint density at radius 3 is 3.15 bits per heavy atom. The van der Waals surface area contributed by atoms with Gasteiger partial charge in [0.1, 0.15) is 17.9 Å². The lowest BCUT2D eigenvalue weighted by molar-refractivity contribution is 0.0693. The number of ether oxygens (including phenoxy) is 1. The SMILES string of the molecule is C=CCOc1cc[c]cc1C(=O)O. The fourth-order valence-corrected chi connectivity index (χ4v) is 0.858. The molecule has 0 aliphatic carbocycles. The van der Waals surface area contributed by atoms with Crippen LogP contribution in [0, 0.1) is 6.07 Å². The van der Waals surface area contributed by atoms with Crippen molar-refractivity contribution in [2.45, 2.75) is 0 Å². The first-order valence-electron chi connectivity index (χ1n) is 3.73. The molecule has 0 bridgehead atoms. The van der Waals surface area contributed by atoms with E-state index in [2.05, 4.69) is 12.6 Å². The first-order chi connectivity index (χ1) is 6.25. The van der Waals surface area contributed by atoms with Gasteiger partial charge in [0.05, 0.1) is 0 Å². The molecule has 0 saturated heterocycles. The standard InChI is InChI=1S/C10H9O3/c1-2-7-13-9-6-4-3-5-8(9)10(11)12/h2,4-6H,1,7H2,(H,11,12). The molecule has 1 radical (unpaired) electrons. The number of carbonyl (C=O) groups is 1. The van der Waals surface area contributed by atoms with Gasteiger partial charge in [0.2, 0.25) is 0 Å². The zero-order chi connectivity index (χ0) is 9.68. The Morgan fingerprint density at radius 2 is 2.54 bits per heavy atom. The Morgan fingerprint density at radius 1 is 1.77 bits per heavy atom. The van der Waals surface area contributed by atoms with Crippen molar-refractivity contribution in [3.8, 4) is 5.75 Å². The summed E-state index contributed by atoms with van der Waals surface area (Å²) in [5.41, 5.74) is 0.115. The molecule has 1 aromatic rings. The van der Waals surface area contributed by atoms with Crippen molar-refractivity contribution in [1.82, 2.24) is 0 Å². The number of aromatic carboxylic acids is 1. The van der Waals surface area contributed by atoms with Crippen molar-refractivity contribution in [2.75, 3.05) is 6.61 Å². The fraction of sp³-hybridized carbons (Fsp3) is 0.100. The third kappa shape index (κ3) is 2.33. The van der Waals surface area contributed by atoms with E-state index in [1.54, 1.807) is 18.2 Å². The number of carboxylic acid groups (broad SMARTS) is 1. The molecule has 1 N–H and O–H groups in total. The number of carboxylic acids is 1. The van der Waals surface area contributed by atoms with E-state index in [1.807, 2.05) is 0 Å². The summed E-state index contributed by atoms with van der Waals surface area (Å²) in [6.45, 7) is 3.77. The van der Waals surface area contributed by atoms with Gasteiger partial charge in [-0.1, -0.05) is 18.7 Å². The van der Waals surface area contributed by atoms with Gasteiger partial charge in [-0.25, -0.2) is 4.79 Å². The zero-order valence-corrected chi connectivity index (χ0v) is 6.99. The summed E-state index contributed by atoms with van der Waals surface area (Å²) >= 11 is 0. The molecule has 0 fully saturated rings. The van der Waals surface area contributed by atoms with E-state index >= 15 is 0 Å². The van der Waals surface area contributed by atoms with Gasteiger partial charge in [-0.3, -0.25) is 0 Å². The normalized spacial score (nSPS) is 9.23. The first-order valence-corrected chi connectivity index (χ1v) is 3.73. The van der Waals surface area contributed by atoms with Crippen molar-refractivity contribution in [1.29, 1.82) is 0 Å². The minimum atomic E-state index is -1.02. The van der Waals surface area contributed by atoms with Gasteiger partial charge >= 0.3 is 5.97 Å². The third-order valence-electron chi connectivity index (χ3n) is 1.41. The van der Waals surface area contributed by atoms with Crippen molar-refractivity contribution in [2.24, 2.45) is 0 Å². The monoisotopic (exact) mass is 177 g/mol. The predicted octanol–water partition coefficient (Wildman–Crippen LogP) is 1.75. The lowest BCUT2D eigenvalue weighted by Gasteiger charge is -2.05. The van der Waals surface area contributed by atoms with E-state index in [1.165, 1.54) is 6.07 Å². The zero-order valence-electron chi connectivity index (χ0n) is 6.99. The van der Waals surface area contributed by atoms with E-state index in [0.717, 1.165) is 0 Å². The van der Waals surface area contributed by atoms with Crippen LogP contribution in [0.3, 0.4) is 0 Å². The van der Waals surface area contributed by atoms with Crippen LogP contribution >= 0.6 is 0 Å². The van der Waals surface area contributed by atoms with Crippen LogP contribution in [-0.2, 0) is 0 Å². The maximum atomic E-state index is 10.7. The molecule has 0 unspecified atom stereocenters. The Labute approximate surface area is 76.3 Å². The molecule has 67 valence electrons. The van der Waals surface area contributed by atoms with Gasteiger partial charge in [0.15, 0.2) is 0 Å². The molecule has 1 aromatic carbocycles. The third-order valence-corrected chi connectivity index (χ3v) is 1.41. The molecule has 0 spiro atoms. The average molecular weight is 177 g/mol. The highest BCUT2D eigenvalue weighted by Crippen LogP contribution is 2.17. The molecule has 0 aromatic heterocycles. The Balaban J connectivity index is 2.90. The highest BCUT2D eigenvalue weighted by atomic mass is 16.5. The van der Waals surface area contributed by atoms with Crippen LogP contribution in [0.25, 0.3) is 0 Å². The maximum Gasteiger partial charge on any atom is 0.339 e. The van der Waals surface area contributed by atoms with Crippen LogP contribution in [0.2, 0.25) is 0 Å². The summed E-state index contributed by atoms with van der Waals surface area (Å²) in [6, 6.07) is 7.21. The summed E-state index contributed by atoms with van der Waals surface area (Å²) in [4.78, 5) is 10.7. The fourth-order valence-electron chi connectivity index (χ4n) is 0.858. The number of rotatable bonds is 4. The molecule has 0 saturated carbocycles. The van der Waals surface area contributed by atoms with Crippen LogP contribution in [0.1, 0.15) is 10.4 Å². The van der Waals surface area contributed by atoms with E-state index in [0.29, 0.717) is 12.4 Å². The summed E-state index contributed by atoms with van der Waals surface area (Å²) < 4.78 is 5.13. The van der Waals surface area contributed by atoms with Crippen LogP contribution in [-0.4, -0.2) is 17.7 Å². The minimum absolute atomic E-state index is 0.115. The van der Waals surface area contributed by atoms with E-state index in [-0.39, 0.29) is 5.56 Å². The topological polar surface area (TPSA) is 46.5 Å². The van der Waals surface area contributed by atoms with Gasteiger partial charge in [-0.15, -0.1) is 0 Å². The van der Waals surface area contributed by atoms with Crippen molar-refractivity contribution in [3.05, 3.63) is 42.5 Å². The number of hydrogen-bond acceptors (Lipinski definition) is 2. The second-order valence-electron chi connectivity index (χ2n) is 2.33. The molecule has 0 aliphatic rings. The van der Waals surface area contributed by atoms with E-state index in [9.17, 15) is 4.79 Å². The van der Waals surface area contributed by atoms with Gasteiger partial charge in [-0.2, -0.15) is 0 Å². The summed E-state index contributed by atoms with van der Waals surface area (Å²) in [6.07, 6.45) is 1.56. The molecular formula is C10H9O3. The van der Waals surface area contributed by atoms with Gasteiger partial charge < -0.3 is 9.84 Å². The van der Waals surface area contributed by atoms with Crippen molar-refractivity contribution >= 4 is 5.97 Å². The van der Waals surface area contributed by atoms with Gasteiger partial charge in [-0.05, 0) is 18.2 Å². The highest BCUT2D eigenvalue weighted by Gasteiger charge is 2.08. The second-order valence-corrected chi connectivity index (χ2v) is 2.33. The minimum Gasteiger partial charge on any atom is -0.489 e. The number of hydrogen-bond donors (Lipinski definition) is 1. The highest BCUT2D eigenvalue weighted by molar-refractivity contribution is 5.90. The van der Waals surface area contributed by atoms with E-state index in [4.69, 9.17) is 9.84 Å². The first kappa shape index (κ1) is 9.32. The van der Waals surface area contributed by atoms with Crippen LogP contribution in [0.15, 0.2) is 30.9 Å². The lowest BCUT2D eigenvalue weighted by atomic mass is 10.2. The quantitative estimate of drug-likeness (QED) is 0.712. The Kier molecular flexibility index (Phi) is 3.09. The van der Waals surface area contributed by atoms with Crippen LogP contribution < -0.4 is 4.74 Å². The lowest BCUT2D eigenvalue weighted by Crippen LogP contribution is -2.02. The molecule has 3 nitrogen and oxygen atoms in total. The van der Waals surface area contributed by atoms with Crippen molar-refractivity contribution < 1.29 is 14.6 Å².